The third-order valence-electron chi connectivity index (χ3n) is 15.0. The number of aromatic nitrogens is 14. The zero-order valence-electron chi connectivity index (χ0n) is 45.8. The molecule has 8 unspecified atom stereocenters. The van der Waals surface area contributed by atoms with Gasteiger partial charge in [0.25, 0.3) is 5.56 Å². The average Bonchev–Trinajstić information content (AvgIpc) is 1.65. The summed E-state index contributed by atoms with van der Waals surface area (Å²) in [5.74, 6) is -0.329. The molecular formula is C44H50F4N18O21P4. The predicted molar refractivity (Wildman–Crippen MR) is 294 cm³/mol. The van der Waals surface area contributed by atoms with E-state index >= 15 is 17.6 Å². The molecule has 0 aliphatic carbocycles. The van der Waals surface area contributed by atoms with Crippen molar-refractivity contribution in [3.8, 4) is 0 Å². The van der Waals surface area contributed by atoms with Crippen LogP contribution in [0, 0.1) is 0 Å². The summed E-state index contributed by atoms with van der Waals surface area (Å²) in [6, 6.07) is 2.99. The minimum atomic E-state index is -5.23. The van der Waals surface area contributed by atoms with Crippen LogP contribution in [0.2, 0.25) is 0 Å². The van der Waals surface area contributed by atoms with Crippen molar-refractivity contribution >= 4 is 98.6 Å². The number of aromatic amines is 1. The molecule has 0 aromatic carbocycles. The summed E-state index contributed by atoms with van der Waals surface area (Å²) >= 11 is 0. The maximum atomic E-state index is 15.8. The van der Waals surface area contributed by atoms with Gasteiger partial charge in [-0.2, -0.15) is 4.98 Å². The van der Waals surface area contributed by atoms with Gasteiger partial charge < -0.3 is 80.0 Å². The Morgan fingerprint density at radius 3 is 1.31 bits per heavy atom. The van der Waals surface area contributed by atoms with Crippen LogP contribution < -0.4 is 28.5 Å². The van der Waals surface area contributed by atoms with Crippen molar-refractivity contribution in [2.24, 2.45) is 0 Å². The lowest BCUT2D eigenvalue weighted by molar-refractivity contribution is -0.0654. The highest BCUT2D eigenvalue weighted by atomic mass is 31.2. The summed E-state index contributed by atoms with van der Waals surface area (Å²) < 4.78 is 185. The number of nitrogens with zero attached hydrogens (tertiary/aromatic N) is 13. The summed E-state index contributed by atoms with van der Waals surface area (Å²) in [4.78, 5) is 93.4. The van der Waals surface area contributed by atoms with Crippen LogP contribution in [0.1, 0.15) is 24.9 Å². The van der Waals surface area contributed by atoms with Gasteiger partial charge in [-0.1, -0.05) is 0 Å². The zero-order valence-corrected chi connectivity index (χ0v) is 49.4. The van der Waals surface area contributed by atoms with Gasteiger partial charge in [-0.05, 0) is 12.1 Å². The minimum Gasteiger partial charge on any atom is -0.397 e. The van der Waals surface area contributed by atoms with Gasteiger partial charge in [-0.15, -0.1) is 0 Å². The number of rotatable bonds is 4. The van der Waals surface area contributed by atoms with E-state index in [1.165, 1.54) is 57.2 Å². The number of hydrogen-bond donors (Lipinski definition) is 9. The fourth-order valence-electron chi connectivity index (χ4n) is 10.8. The second kappa shape index (κ2) is 24.0. The predicted octanol–water partition coefficient (Wildman–Crippen LogP) is 1.23. The number of fused-ring (bicyclic) bond motifs is 12. The number of phosphoric acid groups is 2. The van der Waals surface area contributed by atoms with Crippen LogP contribution in [0.25, 0.3) is 44.7 Å². The standard InChI is InChI=1S/C22H25F2N9O11P2.C22H25F2N9O10P2/c23-11-10-4-41-46(37,38)44-16-12(24)9(43-21(16)33-6-29-14-18(33)30-22(26)31-19(14)34)3-40-45(35,36)7-39-15(11)20(42-10)32-5-28-13-8(25)1-2-27-17(13)32;23-12-11-4-40-45(36,37)43-17-13(24)10(42-22(17)33-7-31-15-18(26)28-5-29-20(15)33)3-39-44(34,35)8-38-16(12)21(41-11)32-6-30-14-9(25)1-2-27-19(14)32/h1-2,5-6,9-12,15-16,20-21H,3-4,7H2,(H2,25,27)(H,35,36)(H,37,38)(H3,26,30,31,34);1-2,5-7,10-13,16-17,21-22H,3-4,8H2,(H2,25,27)(H,34,35)(H,36,37)(H2,26,28,29)/t9-,10-,11?,12?,15+,16+,20-,21-;10-,11-,12?,13?,16+,17+,21-,22-/m11/s1. The first-order valence-electron chi connectivity index (χ1n) is 26.7. The maximum absolute atomic E-state index is 15.8. The summed E-state index contributed by atoms with van der Waals surface area (Å²) in [5, 5.41) is 0. The van der Waals surface area contributed by atoms with Crippen molar-refractivity contribution in [3.05, 3.63) is 66.5 Å². The molecule has 0 amide bonds. The van der Waals surface area contributed by atoms with E-state index < -0.39 is 174 Å². The van der Waals surface area contributed by atoms with E-state index in [1.54, 1.807) is 0 Å². The zero-order chi connectivity index (χ0) is 64.2. The van der Waals surface area contributed by atoms with Gasteiger partial charge in [0.1, 0.15) is 84.4 Å². The second-order valence-electron chi connectivity index (χ2n) is 20.9. The molecule has 8 aromatic heterocycles. The number of nitrogens with one attached hydrogen (secondary N) is 1. The molecule has 8 aromatic rings. The van der Waals surface area contributed by atoms with Crippen molar-refractivity contribution in [2.75, 3.05) is 62.1 Å². The lowest BCUT2D eigenvalue weighted by atomic mass is 10.1. The highest BCUT2D eigenvalue weighted by Crippen LogP contribution is 2.55. The number of H-pyrrole nitrogens is 1. The van der Waals surface area contributed by atoms with E-state index in [2.05, 4.69) is 49.8 Å². The Bertz CT molecular complexity index is 4350. The minimum absolute atomic E-state index is 0.00498. The molecule has 0 radical (unpaired) electrons. The fraction of sp³-hybridized carbons (Fsp3) is 0.500. The van der Waals surface area contributed by atoms with Crippen LogP contribution in [-0.2, 0) is 73.8 Å². The van der Waals surface area contributed by atoms with Crippen LogP contribution in [-0.4, -0.2) is 200 Å². The van der Waals surface area contributed by atoms with Crippen LogP contribution in [0.3, 0.4) is 0 Å². The van der Waals surface area contributed by atoms with Crippen molar-refractivity contribution in [1.82, 2.24) is 68.1 Å². The van der Waals surface area contributed by atoms with Gasteiger partial charge in [0.2, 0.25) is 5.95 Å². The van der Waals surface area contributed by atoms with Crippen molar-refractivity contribution in [2.45, 2.75) is 98.4 Å². The Kier molecular flexibility index (Phi) is 16.7. The first-order chi connectivity index (χ1) is 43.2. The molecule has 0 saturated carbocycles. The third kappa shape index (κ3) is 12.1. The van der Waals surface area contributed by atoms with E-state index in [9.17, 15) is 42.6 Å². The molecule has 6 aliphatic rings. The molecule has 14 heterocycles. The molecule has 490 valence electrons. The molecule has 14 rings (SSSR count). The molecular weight excluding hydrogens is 1320 g/mol. The molecule has 47 heteroatoms. The monoisotopic (exact) mass is 1370 g/mol. The van der Waals surface area contributed by atoms with Crippen LogP contribution in [0.5, 0.6) is 0 Å². The lowest BCUT2D eigenvalue weighted by Gasteiger charge is -2.24. The number of halogens is 4. The van der Waals surface area contributed by atoms with Gasteiger partial charge in [-0.3, -0.25) is 55.3 Å². The second-order valence-corrected chi connectivity index (χ2v) is 27.3. The average molecular weight is 1370 g/mol. The maximum Gasteiger partial charge on any atom is 0.472 e. The molecule has 13 N–H and O–H groups in total. The van der Waals surface area contributed by atoms with Crippen LogP contribution >= 0.6 is 30.8 Å². The molecule has 6 fully saturated rings. The highest BCUT2D eigenvalue weighted by molar-refractivity contribution is 7.52. The number of anilines is 4. The quantitative estimate of drug-likeness (QED) is 0.0883. The molecule has 8 bridgehead atoms. The SMILES string of the molecule is Nc1ccnc2c1ncn2[C@@H]1O[C@@H]2COP(=O)(O)O[C@H]3C(F)[C@@H](COP(=O)(O)CO[C@H]1C2F)O[C@H]3n1cnc2c(N)ncnc21.Nc1nc2c(ncn2[C@@H]2O[C@@H]3COP(=O)(O)CO[C@H]4C(F)[C@@H](COP(=O)(O)O[C@H]2C3F)O[C@H]4n2cnc3c(N)ccnc32)c(=O)[nH]1. The number of nitrogen functional groups attached to an aromatic ring is 4. The Labute approximate surface area is 503 Å². The van der Waals surface area contributed by atoms with Crippen LogP contribution in [0.15, 0.2) is 61.0 Å². The van der Waals surface area contributed by atoms with Crippen LogP contribution in [0.4, 0.5) is 40.7 Å². The number of pyridine rings is 2. The molecule has 91 heavy (non-hydrogen) atoms. The van der Waals surface area contributed by atoms with E-state index in [0.717, 1.165) is 17.2 Å². The Morgan fingerprint density at radius 2 is 0.857 bits per heavy atom. The Balaban J connectivity index is 0.000000167. The van der Waals surface area contributed by atoms with E-state index in [0.29, 0.717) is 0 Å². The first kappa shape index (κ1) is 63.1. The first-order valence-corrected chi connectivity index (χ1v) is 33.2. The topological polar surface area (TPSA) is 533 Å². The number of imidazole rings is 4. The summed E-state index contributed by atoms with van der Waals surface area (Å²) in [5.41, 5.74) is 23.8. The van der Waals surface area contributed by atoms with E-state index in [1.807, 2.05) is 0 Å². The van der Waals surface area contributed by atoms with Crippen molar-refractivity contribution in [3.63, 3.8) is 0 Å². The highest BCUT2D eigenvalue weighted by Gasteiger charge is 2.56. The fourth-order valence-corrected chi connectivity index (χ4v) is 14.3. The largest absolute Gasteiger partial charge is 0.472 e. The molecule has 6 saturated heterocycles. The Hall–Kier alpha value is -6.66. The van der Waals surface area contributed by atoms with E-state index in [-0.39, 0.29) is 67.8 Å². The normalized spacial score (nSPS) is 37.7. The Morgan fingerprint density at radius 1 is 0.484 bits per heavy atom. The number of hydrogen-bond acceptors (Lipinski definition) is 30. The number of alkyl halides is 4. The van der Waals surface area contributed by atoms with Gasteiger partial charge in [0.05, 0.1) is 63.1 Å². The van der Waals surface area contributed by atoms with Gasteiger partial charge in [0.15, 0.2) is 83.5 Å². The van der Waals surface area contributed by atoms with Crippen molar-refractivity contribution < 1.29 is 111 Å². The molecule has 39 nitrogen and oxygen atoms in total. The number of phosphoric ester groups is 2. The van der Waals surface area contributed by atoms with Gasteiger partial charge in [-0.25, -0.2) is 66.6 Å². The smallest absolute Gasteiger partial charge is 0.397 e. The summed E-state index contributed by atoms with van der Waals surface area (Å²) in [6.45, 7) is -3.52. The third-order valence-corrected chi connectivity index (χ3v) is 19.1. The lowest BCUT2D eigenvalue weighted by Crippen LogP contribution is -2.33. The van der Waals surface area contributed by atoms with Gasteiger partial charge in [0, 0.05) is 12.4 Å². The molecule has 0 spiro atoms. The number of ether oxygens (including phenoxy) is 6. The summed E-state index contributed by atoms with van der Waals surface area (Å²) in [6.07, 6.45) is -21.6. The molecule has 6 aliphatic heterocycles. The number of nitrogens with two attached hydrogens (primary N) is 4. The molecule has 20 atom stereocenters. The van der Waals surface area contributed by atoms with Crippen molar-refractivity contribution in [1.29, 1.82) is 0 Å². The van der Waals surface area contributed by atoms with E-state index in [4.69, 9.17) is 78.5 Å². The summed E-state index contributed by atoms with van der Waals surface area (Å²) in [7, 11) is -19.8. The van der Waals surface area contributed by atoms with Gasteiger partial charge >= 0.3 is 30.8 Å².